The summed E-state index contributed by atoms with van der Waals surface area (Å²) >= 11 is 0. The van der Waals surface area contributed by atoms with E-state index in [0.717, 1.165) is 0 Å². The second-order valence-electron chi connectivity index (χ2n) is 0.447. The second kappa shape index (κ2) is 4.71. The molecule has 4 nitrogen and oxygen atoms in total. The molecule has 0 aliphatic heterocycles. The number of halogens is 1. The van der Waals surface area contributed by atoms with Gasteiger partial charge in [0.1, 0.15) is 0 Å². The first kappa shape index (κ1) is 15.6. The molecular weight excluding hydrogens is 170 g/mol. The predicted octanol–water partition coefficient (Wildman–Crippen LogP) is -2.67. The molecule has 0 spiro atoms. The molecule has 0 amide bonds. The van der Waals surface area contributed by atoms with Gasteiger partial charge in [0.25, 0.3) is 0 Å². The quantitative estimate of drug-likeness (QED) is 0.293. The first-order chi connectivity index (χ1) is 2.00. The van der Waals surface area contributed by atoms with Crippen LogP contribution < -0.4 is 14.7 Å². The molecule has 0 aliphatic carbocycles. The van der Waals surface area contributed by atoms with Crippen molar-refractivity contribution in [1.29, 1.82) is 0 Å². The van der Waals surface area contributed by atoms with Crippen molar-refractivity contribution in [2.24, 2.45) is 0 Å². The Balaban J connectivity index is -0.0000000800. The van der Waals surface area contributed by atoms with E-state index in [2.05, 4.69) is 0 Å². The van der Waals surface area contributed by atoms with Crippen LogP contribution in [0, 0.1) is 0 Å². The summed E-state index contributed by atoms with van der Waals surface area (Å²) in [5.74, 6) is 0. The van der Waals surface area contributed by atoms with E-state index in [4.69, 9.17) is 19.2 Å². The molecule has 0 fully saturated rings. The fraction of sp³-hybridized carbons (Fsp3) is 0. The molecule has 1 radical (unpaired) electrons. The maximum Gasteiger partial charge on any atom is 3.00 e. The van der Waals surface area contributed by atoms with Gasteiger partial charge in [-0.1, -0.05) is 0 Å². The summed E-state index contributed by atoms with van der Waals surface area (Å²) in [6.45, 7) is 0. The number of hydrogen-bond acceptors (Lipinski definition) is 4. The first-order valence-corrected chi connectivity index (χ1v) is 2.19. The van der Waals surface area contributed by atoms with Gasteiger partial charge in [0.05, 0.1) is 0 Å². The van der Waals surface area contributed by atoms with Gasteiger partial charge in [-0.3, -0.25) is 4.70 Å². The normalized spacial score (nSPS) is 8.43. The van der Waals surface area contributed by atoms with Crippen LogP contribution in [-0.4, -0.2) is 0 Å². The van der Waals surface area contributed by atoms with Crippen LogP contribution in [-0.2, 0) is 21.6 Å². The van der Waals surface area contributed by atoms with E-state index in [0.29, 0.717) is 0 Å². The van der Waals surface area contributed by atoms with Crippen molar-refractivity contribution in [1.82, 2.24) is 0 Å². The molecule has 0 aromatic carbocycles. The van der Waals surface area contributed by atoms with Crippen LogP contribution in [0.2, 0.25) is 0 Å². The Labute approximate surface area is 49.6 Å². The molecule has 0 unspecified atom stereocenters. The van der Waals surface area contributed by atoms with E-state index in [1.54, 1.807) is 0 Å². The smallest absolute Gasteiger partial charge is 0.822 e. The molecule has 7 heavy (non-hydrogen) atoms. The fourth-order valence-corrected chi connectivity index (χ4v) is 0. The van der Waals surface area contributed by atoms with Crippen LogP contribution in [0.3, 0.4) is 0 Å². The van der Waals surface area contributed by atoms with Gasteiger partial charge in [0.2, 0.25) is 0 Å². The average Bonchev–Trinajstić information content (AvgIpc) is 0.722. The zero-order valence-corrected chi connectivity index (χ0v) is 4.84. The minimum atomic E-state index is -5.39. The van der Waals surface area contributed by atoms with Gasteiger partial charge < -0.3 is 19.2 Å². The van der Waals surface area contributed by atoms with Crippen molar-refractivity contribution in [3.63, 3.8) is 0 Å². The van der Waals surface area contributed by atoms with Crippen molar-refractivity contribution >= 4 is 7.82 Å². The molecule has 0 aromatic heterocycles. The van der Waals surface area contributed by atoms with Crippen molar-refractivity contribution in [3.05, 3.63) is 0 Å². The topological polar surface area (TPSA) is 86.2 Å². The van der Waals surface area contributed by atoms with Crippen molar-refractivity contribution in [2.45, 2.75) is 0 Å². The van der Waals surface area contributed by atoms with Gasteiger partial charge in [-0.15, -0.1) is 0 Å². The van der Waals surface area contributed by atoms with E-state index >= 15 is 0 Å². The molecule has 45 valence electrons. The maximum atomic E-state index is 8.55. The molecule has 0 aliphatic rings. The summed E-state index contributed by atoms with van der Waals surface area (Å²) in [5, 5.41) is 0. The van der Waals surface area contributed by atoms with Crippen molar-refractivity contribution < 1.29 is 41.0 Å². The predicted molar refractivity (Wildman–Crippen MR) is 10.1 cm³/mol. The van der Waals surface area contributed by atoms with Crippen LogP contribution >= 0.6 is 7.82 Å². The molecule has 0 heterocycles. The van der Waals surface area contributed by atoms with Gasteiger partial charge in [0.15, 0.2) is 0 Å². The minimum Gasteiger partial charge on any atom is -0.822 e. The molecule has 0 saturated heterocycles. The third-order valence-electron chi connectivity index (χ3n) is 0. The third-order valence-corrected chi connectivity index (χ3v) is 0. The van der Waals surface area contributed by atoms with Crippen LogP contribution in [0.4, 0.5) is 4.70 Å². The van der Waals surface area contributed by atoms with Crippen LogP contribution in [0.15, 0.2) is 0 Å². The number of phosphoric acid groups is 1. The van der Waals surface area contributed by atoms with E-state index in [1.807, 2.05) is 0 Å². The van der Waals surface area contributed by atoms with Gasteiger partial charge in [-0.05, 0) is 0 Å². The van der Waals surface area contributed by atoms with Crippen molar-refractivity contribution in [2.75, 3.05) is 0 Å². The second-order valence-corrected chi connectivity index (χ2v) is 1.34. The Morgan fingerprint density at radius 1 is 1.14 bits per heavy atom. The summed E-state index contributed by atoms with van der Waals surface area (Å²) in [5.41, 5.74) is 0. The van der Waals surface area contributed by atoms with Gasteiger partial charge in [-0.2, -0.15) is 7.82 Å². The summed E-state index contributed by atoms with van der Waals surface area (Å²) in [6.07, 6.45) is 0. The monoisotopic (exact) mass is 171 g/mol. The Morgan fingerprint density at radius 2 is 1.14 bits per heavy atom. The largest absolute Gasteiger partial charge is 3.00 e. The van der Waals surface area contributed by atoms with Gasteiger partial charge in [-0.25, -0.2) is 0 Å². The van der Waals surface area contributed by atoms with Crippen LogP contribution in [0.1, 0.15) is 0 Å². The van der Waals surface area contributed by atoms with E-state index < -0.39 is 7.82 Å². The van der Waals surface area contributed by atoms with E-state index in [-0.39, 0.29) is 21.8 Å². The zero-order valence-electron chi connectivity index (χ0n) is 2.84. The molecular formula is HFFeO4P. The van der Waals surface area contributed by atoms with Crippen molar-refractivity contribution in [3.8, 4) is 0 Å². The number of hydrogen-bond donors (Lipinski definition) is 0. The third kappa shape index (κ3) is 436. The summed E-state index contributed by atoms with van der Waals surface area (Å²) in [7, 11) is -5.39. The summed E-state index contributed by atoms with van der Waals surface area (Å²) in [4.78, 5) is 25.6. The van der Waals surface area contributed by atoms with Gasteiger partial charge >= 0.3 is 17.1 Å². The Bertz CT molecular complexity index is 57.8. The average molecular weight is 171 g/mol. The molecule has 0 bridgehead atoms. The zero-order chi connectivity index (χ0) is 4.50. The summed E-state index contributed by atoms with van der Waals surface area (Å²) < 4.78 is 8.55. The molecule has 0 rings (SSSR count). The number of rotatable bonds is 0. The fourth-order valence-electron chi connectivity index (χ4n) is 0. The molecule has 0 saturated carbocycles. The standard InChI is InChI=1S/FH.Fe.H3O4P/c;;1-5(2,3)4/h1H;;(H3,1,2,3,4)/q;+3;/p-3. The molecule has 0 aromatic rings. The Morgan fingerprint density at radius 3 is 1.14 bits per heavy atom. The van der Waals surface area contributed by atoms with Crippen LogP contribution in [0.25, 0.3) is 0 Å². The van der Waals surface area contributed by atoms with Crippen LogP contribution in [0.5, 0.6) is 0 Å². The molecule has 0 atom stereocenters. The van der Waals surface area contributed by atoms with E-state index in [1.165, 1.54) is 0 Å². The van der Waals surface area contributed by atoms with Gasteiger partial charge in [0, 0.05) is 0 Å². The Hall–Kier alpha value is 0.559. The van der Waals surface area contributed by atoms with E-state index in [9.17, 15) is 0 Å². The molecule has 0 N–H and O–H groups in total. The Kier molecular flexibility index (Phi) is 10.5. The SMILES string of the molecule is F.O=P([O-])([O-])[O-].[Fe+3]. The minimum absolute atomic E-state index is 0. The summed E-state index contributed by atoms with van der Waals surface area (Å²) in [6, 6.07) is 0. The first-order valence-electron chi connectivity index (χ1n) is 0.730. The maximum absolute atomic E-state index is 8.55. The molecule has 7 heteroatoms.